The Balaban J connectivity index is 2.96. The number of aromatic nitrogens is 1. The van der Waals surface area contributed by atoms with Crippen LogP contribution in [0.3, 0.4) is 0 Å². The number of amides is 1. The van der Waals surface area contributed by atoms with Gasteiger partial charge in [0.05, 0.1) is 11.3 Å². The normalized spacial score (nSPS) is 11.3. The average Bonchev–Trinajstić information content (AvgIpc) is 2.06. The Hall–Kier alpha value is -0.900. The maximum absolute atomic E-state index is 11.9. The van der Waals surface area contributed by atoms with Gasteiger partial charge >= 0.3 is 0 Å². The lowest BCUT2D eigenvalue weighted by molar-refractivity contribution is 0.0918. The molecule has 4 heteroatoms. The number of rotatable bonds is 1. The van der Waals surface area contributed by atoms with Gasteiger partial charge in [-0.25, -0.2) is 0 Å². The summed E-state index contributed by atoms with van der Waals surface area (Å²) < 4.78 is 0.812. The zero-order valence-corrected chi connectivity index (χ0v) is 11.0. The Bertz CT molecular complexity index is 383. The molecule has 1 heterocycles. The number of hydrogen-bond acceptors (Lipinski definition) is 2. The minimum atomic E-state index is -0.230. The Labute approximate surface area is 98.4 Å². The first-order valence-electron chi connectivity index (χ1n) is 4.74. The summed E-state index contributed by atoms with van der Waals surface area (Å²) in [4.78, 5) is 16.0. The largest absolute Gasteiger partial charge is 0.347 e. The van der Waals surface area contributed by atoms with Gasteiger partial charge in [0, 0.05) is 16.2 Å². The number of pyridine rings is 1. The molecule has 0 saturated carbocycles. The Morgan fingerprint density at radius 2 is 2.07 bits per heavy atom. The van der Waals surface area contributed by atoms with E-state index in [1.165, 1.54) is 0 Å². The van der Waals surface area contributed by atoms with Crippen molar-refractivity contribution in [1.82, 2.24) is 10.3 Å². The van der Waals surface area contributed by atoms with Gasteiger partial charge in [0.1, 0.15) is 0 Å². The first kappa shape index (κ1) is 12.2. The molecule has 0 unspecified atom stereocenters. The molecular weight excluding hydrogens is 256 g/mol. The van der Waals surface area contributed by atoms with Crippen molar-refractivity contribution in [3.63, 3.8) is 0 Å². The van der Waals surface area contributed by atoms with Crippen molar-refractivity contribution in [2.75, 3.05) is 0 Å². The summed E-state index contributed by atoms with van der Waals surface area (Å²) in [5.41, 5.74) is 1.12. The van der Waals surface area contributed by atoms with E-state index >= 15 is 0 Å². The van der Waals surface area contributed by atoms with E-state index in [2.05, 4.69) is 26.2 Å². The molecule has 0 aliphatic rings. The second-order valence-electron chi connectivity index (χ2n) is 4.49. The van der Waals surface area contributed by atoms with Crippen LogP contribution >= 0.6 is 15.9 Å². The van der Waals surface area contributed by atoms with Crippen LogP contribution in [0.15, 0.2) is 16.7 Å². The van der Waals surface area contributed by atoms with Crippen LogP contribution < -0.4 is 5.32 Å². The van der Waals surface area contributed by atoms with Crippen LogP contribution in [0, 0.1) is 6.92 Å². The SMILES string of the molecule is Cc1ncc(Br)cc1C(=O)NC(C)(C)C. The third kappa shape index (κ3) is 3.63. The van der Waals surface area contributed by atoms with E-state index in [9.17, 15) is 4.79 Å². The quantitative estimate of drug-likeness (QED) is 0.853. The molecule has 82 valence electrons. The molecule has 1 rings (SSSR count). The molecule has 0 fully saturated rings. The summed E-state index contributed by atoms with van der Waals surface area (Å²) >= 11 is 3.30. The molecule has 1 N–H and O–H groups in total. The summed E-state index contributed by atoms with van der Waals surface area (Å²) in [6.07, 6.45) is 1.68. The second kappa shape index (κ2) is 4.31. The fraction of sp³-hybridized carbons (Fsp3) is 0.455. The van der Waals surface area contributed by atoms with Crippen molar-refractivity contribution < 1.29 is 4.79 Å². The zero-order valence-electron chi connectivity index (χ0n) is 9.39. The van der Waals surface area contributed by atoms with Crippen LogP contribution in [-0.4, -0.2) is 16.4 Å². The van der Waals surface area contributed by atoms with Crippen LogP contribution in [0.5, 0.6) is 0 Å². The van der Waals surface area contributed by atoms with E-state index in [1.807, 2.05) is 27.7 Å². The van der Waals surface area contributed by atoms with Crippen LogP contribution in [0.25, 0.3) is 0 Å². The Morgan fingerprint density at radius 1 is 1.47 bits per heavy atom. The third-order valence-electron chi connectivity index (χ3n) is 1.79. The molecule has 15 heavy (non-hydrogen) atoms. The molecule has 0 aliphatic heterocycles. The van der Waals surface area contributed by atoms with E-state index in [0.717, 1.165) is 10.2 Å². The highest BCUT2D eigenvalue weighted by Gasteiger charge is 2.17. The van der Waals surface area contributed by atoms with Crippen LogP contribution in [0.1, 0.15) is 36.8 Å². The highest BCUT2D eigenvalue weighted by molar-refractivity contribution is 9.10. The first-order valence-corrected chi connectivity index (χ1v) is 5.53. The lowest BCUT2D eigenvalue weighted by atomic mass is 10.1. The minimum Gasteiger partial charge on any atom is -0.347 e. The molecule has 0 bridgehead atoms. The fourth-order valence-corrected chi connectivity index (χ4v) is 1.48. The van der Waals surface area contributed by atoms with E-state index in [-0.39, 0.29) is 11.4 Å². The molecule has 3 nitrogen and oxygen atoms in total. The lowest BCUT2D eigenvalue weighted by Crippen LogP contribution is -2.40. The van der Waals surface area contributed by atoms with Gasteiger partial charge in [-0.05, 0) is 49.7 Å². The molecule has 1 aromatic rings. The van der Waals surface area contributed by atoms with Crippen LogP contribution in [0.4, 0.5) is 0 Å². The highest BCUT2D eigenvalue weighted by Crippen LogP contribution is 2.14. The summed E-state index contributed by atoms with van der Waals surface area (Å²) in [6, 6.07) is 1.78. The Morgan fingerprint density at radius 3 is 2.60 bits per heavy atom. The van der Waals surface area contributed by atoms with Gasteiger partial charge in [-0.3, -0.25) is 9.78 Å². The van der Waals surface area contributed by atoms with Gasteiger partial charge in [0.15, 0.2) is 0 Å². The van der Waals surface area contributed by atoms with Crippen molar-refractivity contribution in [2.24, 2.45) is 0 Å². The average molecular weight is 271 g/mol. The van der Waals surface area contributed by atoms with Gasteiger partial charge in [0.25, 0.3) is 5.91 Å². The van der Waals surface area contributed by atoms with Gasteiger partial charge in [-0.1, -0.05) is 0 Å². The predicted molar refractivity (Wildman–Crippen MR) is 63.9 cm³/mol. The molecule has 0 aromatic carbocycles. The number of halogens is 1. The molecule has 0 radical (unpaired) electrons. The molecule has 1 amide bonds. The summed E-state index contributed by atoms with van der Waals surface area (Å²) in [7, 11) is 0. The number of carbonyl (C=O) groups excluding carboxylic acids is 1. The van der Waals surface area contributed by atoms with Gasteiger partial charge in [-0.15, -0.1) is 0 Å². The third-order valence-corrected chi connectivity index (χ3v) is 2.22. The number of aryl methyl sites for hydroxylation is 1. The number of hydrogen-bond donors (Lipinski definition) is 1. The maximum Gasteiger partial charge on any atom is 0.253 e. The molecule has 0 aliphatic carbocycles. The number of carbonyl (C=O) groups is 1. The maximum atomic E-state index is 11.9. The number of nitrogens with zero attached hydrogens (tertiary/aromatic N) is 1. The molecule has 0 spiro atoms. The van der Waals surface area contributed by atoms with Crippen LogP contribution in [-0.2, 0) is 0 Å². The summed E-state index contributed by atoms with van der Waals surface area (Å²) in [5, 5.41) is 2.90. The van der Waals surface area contributed by atoms with E-state index in [4.69, 9.17) is 0 Å². The fourth-order valence-electron chi connectivity index (χ4n) is 1.15. The Kier molecular flexibility index (Phi) is 3.50. The highest BCUT2D eigenvalue weighted by atomic mass is 79.9. The second-order valence-corrected chi connectivity index (χ2v) is 5.41. The topological polar surface area (TPSA) is 42.0 Å². The number of nitrogens with one attached hydrogen (secondary N) is 1. The van der Waals surface area contributed by atoms with E-state index in [0.29, 0.717) is 5.56 Å². The summed E-state index contributed by atoms with van der Waals surface area (Å²) in [6.45, 7) is 7.67. The van der Waals surface area contributed by atoms with Crippen molar-refractivity contribution in [2.45, 2.75) is 33.2 Å². The van der Waals surface area contributed by atoms with Gasteiger partial charge in [0.2, 0.25) is 0 Å². The molecule has 0 atom stereocenters. The zero-order chi connectivity index (χ0) is 11.6. The van der Waals surface area contributed by atoms with Crippen molar-refractivity contribution in [1.29, 1.82) is 0 Å². The summed E-state index contributed by atoms with van der Waals surface area (Å²) in [5.74, 6) is -0.0891. The van der Waals surface area contributed by atoms with E-state index in [1.54, 1.807) is 12.3 Å². The van der Waals surface area contributed by atoms with Crippen molar-refractivity contribution in [3.8, 4) is 0 Å². The molecule has 1 aromatic heterocycles. The predicted octanol–water partition coefficient (Wildman–Crippen LogP) is 2.68. The molecular formula is C11H15BrN2O. The van der Waals surface area contributed by atoms with Crippen molar-refractivity contribution in [3.05, 3.63) is 28.0 Å². The van der Waals surface area contributed by atoms with E-state index < -0.39 is 0 Å². The lowest BCUT2D eigenvalue weighted by Gasteiger charge is -2.20. The minimum absolute atomic E-state index is 0.0891. The smallest absolute Gasteiger partial charge is 0.253 e. The monoisotopic (exact) mass is 270 g/mol. The molecule has 0 saturated heterocycles. The van der Waals surface area contributed by atoms with Gasteiger partial charge in [-0.2, -0.15) is 0 Å². The van der Waals surface area contributed by atoms with Crippen molar-refractivity contribution >= 4 is 21.8 Å². The van der Waals surface area contributed by atoms with Crippen LogP contribution in [0.2, 0.25) is 0 Å². The first-order chi connectivity index (χ1) is 6.79. The standard InChI is InChI=1S/C11H15BrN2O/c1-7-9(5-8(12)6-13-7)10(15)14-11(2,3)4/h5-6H,1-4H3,(H,14,15). The van der Waals surface area contributed by atoms with Gasteiger partial charge < -0.3 is 5.32 Å².